The maximum Gasteiger partial charge on any atom is 0.319 e. The normalized spacial score (nSPS) is 18.4. The molecule has 0 radical (unpaired) electrons. The van der Waals surface area contributed by atoms with Crippen molar-refractivity contribution in [2.24, 2.45) is 0 Å². The second-order valence-corrected chi connectivity index (χ2v) is 18.2. The van der Waals surface area contributed by atoms with E-state index in [1.54, 1.807) is 35.2 Å². The quantitative estimate of drug-likeness (QED) is 0.0989. The largest absolute Gasteiger partial charge is 0.508 e. The van der Waals surface area contributed by atoms with Crippen molar-refractivity contribution < 1.29 is 29.6 Å². The number of nitrogens with one attached hydrogen (secondary N) is 1. The third-order valence-electron chi connectivity index (χ3n) is 13.2. The van der Waals surface area contributed by atoms with Crippen LogP contribution in [0.15, 0.2) is 85.5 Å². The molecule has 3 atom stereocenters. The minimum Gasteiger partial charge on any atom is -0.508 e. The van der Waals surface area contributed by atoms with Crippen LogP contribution in [0, 0.1) is 11.3 Å². The van der Waals surface area contributed by atoms with Gasteiger partial charge in [-0.05, 0) is 85.3 Å². The fourth-order valence-corrected chi connectivity index (χ4v) is 9.98. The van der Waals surface area contributed by atoms with Gasteiger partial charge in [-0.15, -0.1) is 5.10 Å². The first-order valence-corrected chi connectivity index (χ1v) is 23.0. The molecule has 0 spiro atoms. The van der Waals surface area contributed by atoms with Gasteiger partial charge in [-0.3, -0.25) is 14.5 Å². The highest BCUT2D eigenvalue weighted by molar-refractivity contribution is 6.36. The van der Waals surface area contributed by atoms with Crippen molar-refractivity contribution in [3.8, 4) is 46.7 Å². The van der Waals surface area contributed by atoms with Crippen molar-refractivity contribution in [1.82, 2.24) is 39.8 Å². The standard InChI is InChI=1S/C50H52ClN11O6/c1-5-44(65)61-21-20-60(26-34(61)16-18-52)46-36-17-19-59(41-11-7-9-30-8-6-10-39(51)45(30)41)27-40(36)54-49(55-46)68-28-35-22-32(25-58(35)4)53-48(66)31-12-14-33(15-13-31)62-47(56-57-50(62)67)38-23-37(29(2)3)42(63)24-43(38)64/h5-15,23-24,29,32,34-35,63-64H,1,16-17,19-22,25-28H2,2-4H3,(H,53,66)(H,57,67)/t32-,34+,35+/m1/s1. The Hall–Kier alpha value is -7.42. The van der Waals surface area contributed by atoms with Gasteiger partial charge in [0.25, 0.3) is 5.91 Å². The van der Waals surface area contributed by atoms with Crippen LogP contribution in [0.5, 0.6) is 23.5 Å². The maximum atomic E-state index is 13.6. The molecule has 4 N–H and O–H groups in total. The van der Waals surface area contributed by atoms with Crippen LogP contribution in [-0.4, -0.2) is 126 Å². The van der Waals surface area contributed by atoms with Gasteiger partial charge < -0.3 is 40.1 Å². The van der Waals surface area contributed by atoms with Gasteiger partial charge in [-0.2, -0.15) is 15.2 Å². The Kier molecular flexibility index (Phi) is 12.8. The molecule has 5 heterocycles. The maximum absolute atomic E-state index is 13.6. The Morgan fingerprint density at radius 1 is 0.971 bits per heavy atom. The van der Waals surface area contributed by atoms with Crippen LogP contribution in [0.25, 0.3) is 27.8 Å². The summed E-state index contributed by atoms with van der Waals surface area (Å²) in [4.78, 5) is 44.7. The van der Waals surface area contributed by atoms with E-state index in [0.717, 1.165) is 33.5 Å². The van der Waals surface area contributed by atoms with E-state index in [9.17, 15) is 30.2 Å². The predicted octanol–water partition coefficient (Wildman–Crippen LogP) is 6.33. The van der Waals surface area contributed by atoms with E-state index in [2.05, 4.69) is 61.1 Å². The first-order chi connectivity index (χ1) is 32.8. The number of likely N-dealkylation sites (N-methyl/N-ethyl adjacent to an activating group) is 1. The number of benzene rings is 4. The summed E-state index contributed by atoms with van der Waals surface area (Å²) in [6, 6.07) is 23.0. The first kappa shape index (κ1) is 45.7. The average Bonchev–Trinajstić information content (AvgIpc) is 3.89. The molecule has 2 fully saturated rings. The predicted molar refractivity (Wildman–Crippen MR) is 258 cm³/mol. The topological polar surface area (TPSA) is 209 Å². The van der Waals surface area contributed by atoms with Gasteiger partial charge in [-0.1, -0.05) is 61.4 Å². The van der Waals surface area contributed by atoms with Crippen molar-refractivity contribution >= 4 is 45.7 Å². The van der Waals surface area contributed by atoms with E-state index in [-0.39, 0.29) is 77.8 Å². The summed E-state index contributed by atoms with van der Waals surface area (Å²) in [7, 11) is 1.99. The van der Waals surface area contributed by atoms with E-state index in [4.69, 9.17) is 26.3 Å². The number of likely N-dealkylation sites (tertiary alicyclic amines) is 1. The van der Waals surface area contributed by atoms with Gasteiger partial charge in [-0.25, -0.2) is 4.57 Å². The Morgan fingerprint density at radius 2 is 1.75 bits per heavy atom. The van der Waals surface area contributed by atoms with Crippen molar-refractivity contribution in [3.63, 3.8) is 0 Å². The summed E-state index contributed by atoms with van der Waals surface area (Å²) >= 11 is 6.78. The smallest absolute Gasteiger partial charge is 0.319 e. The van der Waals surface area contributed by atoms with Gasteiger partial charge >= 0.3 is 12.0 Å². The average molecular weight is 938 g/mol. The van der Waals surface area contributed by atoms with Crippen molar-refractivity contribution in [2.45, 2.75) is 63.7 Å². The molecule has 4 aromatic carbocycles. The Balaban J connectivity index is 0.908. The SMILES string of the molecule is C=CC(=O)N1CCN(c2nc(OC[C@@H]3C[C@@H](NC(=O)c4ccc(-n5c(O)nnc5-c5cc(C(C)C)c(O)cc5O)cc4)CN3C)nc3c2CCN(c2cccc4cccc(Cl)c24)C3)C[C@@H]1CC#N. The fraction of sp³-hybridized carbons (Fsp3) is 0.340. The van der Waals surface area contributed by atoms with Crippen molar-refractivity contribution in [3.05, 3.63) is 113 Å². The molecule has 0 bridgehead atoms. The number of carbonyl (C=O) groups excluding carboxylic acids is 2. The molecule has 2 aromatic heterocycles. The molecule has 2 saturated heterocycles. The number of fused-ring (bicyclic) bond motifs is 2. The molecule has 6 aromatic rings. The zero-order chi connectivity index (χ0) is 47.8. The summed E-state index contributed by atoms with van der Waals surface area (Å²) in [6.07, 6.45) is 2.72. The van der Waals surface area contributed by atoms with Crippen LogP contribution < -0.4 is 19.9 Å². The number of hydrogen-bond donors (Lipinski definition) is 4. The van der Waals surface area contributed by atoms with Gasteiger partial charge in [0.05, 0.1) is 47.0 Å². The molecule has 2 amide bonds. The molecule has 17 nitrogen and oxygen atoms in total. The van der Waals surface area contributed by atoms with Crippen LogP contribution in [-0.2, 0) is 17.8 Å². The van der Waals surface area contributed by atoms with Gasteiger partial charge in [0.1, 0.15) is 23.9 Å². The van der Waals surface area contributed by atoms with Crippen LogP contribution in [0.4, 0.5) is 11.5 Å². The highest BCUT2D eigenvalue weighted by Crippen LogP contribution is 2.40. The highest BCUT2D eigenvalue weighted by Gasteiger charge is 2.35. The lowest BCUT2D eigenvalue weighted by Gasteiger charge is -2.42. The Morgan fingerprint density at radius 3 is 2.50 bits per heavy atom. The first-order valence-electron chi connectivity index (χ1n) is 22.6. The van der Waals surface area contributed by atoms with Gasteiger partial charge in [0, 0.05) is 73.1 Å². The number of rotatable bonds is 12. The Bertz CT molecular complexity index is 2950. The third-order valence-corrected chi connectivity index (χ3v) is 13.5. The van der Waals surface area contributed by atoms with Crippen LogP contribution in [0.3, 0.4) is 0 Å². The van der Waals surface area contributed by atoms with E-state index < -0.39 is 6.01 Å². The van der Waals surface area contributed by atoms with E-state index in [0.29, 0.717) is 73.9 Å². The number of carbonyl (C=O) groups is 2. The second kappa shape index (κ2) is 19.1. The lowest BCUT2D eigenvalue weighted by molar-refractivity contribution is -0.128. The number of nitriles is 1. The minimum atomic E-state index is -0.410. The Labute approximate surface area is 398 Å². The molecule has 68 heavy (non-hydrogen) atoms. The van der Waals surface area contributed by atoms with E-state index in [1.165, 1.54) is 16.7 Å². The molecular weight excluding hydrogens is 886 g/mol. The molecule has 9 rings (SSSR count). The zero-order valence-corrected chi connectivity index (χ0v) is 38.8. The molecule has 18 heteroatoms. The molecule has 0 unspecified atom stereocenters. The molecular formula is C50H52ClN11O6. The number of anilines is 2. The second-order valence-electron chi connectivity index (χ2n) is 17.8. The number of phenols is 2. The number of halogens is 1. The van der Waals surface area contributed by atoms with E-state index in [1.807, 2.05) is 39.1 Å². The number of amides is 2. The van der Waals surface area contributed by atoms with Crippen LogP contribution in [0.1, 0.15) is 59.8 Å². The lowest BCUT2D eigenvalue weighted by atomic mass is 9.98. The van der Waals surface area contributed by atoms with Crippen LogP contribution in [0.2, 0.25) is 5.02 Å². The number of aromatic nitrogens is 5. The number of aromatic hydroxyl groups is 3. The number of hydrogen-bond acceptors (Lipinski definition) is 14. The third kappa shape index (κ3) is 8.92. The van der Waals surface area contributed by atoms with Crippen LogP contribution >= 0.6 is 11.6 Å². The van der Waals surface area contributed by atoms with E-state index >= 15 is 0 Å². The summed E-state index contributed by atoms with van der Waals surface area (Å²) in [5, 5.41) is 55.3. The number of phenolic OH excluding ortho intramolecular Hbond substituents is 2. The molecule has 0 aliphatic carbocycles. The summed E-state index contributed by atoms with van der Waals surface area (Å²) < 4.78 is 7.83. The fourth-order valence-electron chi connectivity index (χ4n) is 9.70. The number of nitrogens with zero attached hydrogens (tertiary/aromatic N) is 10. The highest BCUT2D eigenvalue weighted by atomic mass is 35.5. The molecule has 3 aliphatic heterocycles. The van der Waals surface area contributed by atoms with Crippen molar-refractivity contribution in [2.75, 3.05) is 56.2 Å². The molecule has 350 valence electrons. The zero-order valence-electron chi connectivity index (χ0n) is 38.0. The summed E-state index contributed by atoms with van der Waals surface area (Å²) in [5.74, 6) is 0.0986. The van der Waals surface area contributed by atoms with Gasteiger partial charge in [0.15, 0.2) is 5.82 Å². The van der Waals surface area contributed by atoms with Gasteiger partial charge in [0.2, 0.25) is 5.91 Å². The lowest BCUT2D eigenvalue weighted by Crippen LogP contribution is -2.55. The minimum absolute atomic E-state index is 0.0490. The number of ether oxygens (including phenoxy) is 1. The number of piperazine rings is 1. The van der Waals surface area contributed by atoms with Crippen molar-refractivity contribution in [1.29, 1.82) is 5.26 Å². The monoisotopic (exact) mass is 937 g/mol. The summed E-state index contributed by atoms with van der Waals surface area (Å²) in [5.41, 5.74) is 4.58. The molecule has 3 aliphatic rings. The molecule has 0 saturated carbocycles. The summed E-state index contributed by atoms with van der Waals surface area (Å²) in [6.45, 7) is 10.9.